The minimum atomic E-state index is 0.645. The SMILES string of the molecule is CC1CCN(C2CCCc3ccccc32)CC1CN. The van der Waals surface area contributed by atoms with Crippen molar-refractivity contribution in [3.63, 3.8) is 0 Å². The third-order valence-corrected chi connectivity index (χ3v) is 5.23. The zero-order valence-electron chi connectivity index (χ0n) is 12.0. The highest BCUT2D eigenvalue weighted by Gasteiger charge is 2.32. The van der Waals surface area contributed by atoms with Gasteiger partial charge in [0.05, 0.1) is 0 Å². The van der Waals surface area contributed by atoms with Crippen LogP contribution in [-0.2, 0) is 6.42 Å². The maximum absolute atomic E-state index is 5.95. The minimum absolute atomic E-state index is 0.645. The number of piperidine rings is 1. The van der Waals surface area contributed by atoms with E-state index in [9.17, 15) is 0 Å². The van der Waals surface area contributed by atoms with Crippen LogP contribution in [0.2, 0.25) is 0 Å². The number of likely N-dealkylation sites (tertiary alicyclic amines) is 1. The van der Waals surface area contributed by atoms with Crippen LogP contribution >= 0.6 is 0 Å². The van der Waals surface area contributed by atoms with Crippen molar-refractivity contribution in [2.75, 3.05) is 19.6 Å². The van der Waals surface area contributed by atoms with E-state index in [4.69, 9.17) is 5.73 Å². The summed E-state index contributed by atoms with van der Waals surface area (Å²) in [5, 5.41) is 0. The zero-order chi connectivity index (χ0) is 13.2. The lowest BCUT2D eigenvalue weighted by molar-refractivity contribution is 0.0824. The van der Waals surface area contributed by atoms with Gasteiger partial charge in [0.1, 0.15) is 0 Å². The van der Waals surface area contributed by atoms with Gasteiger partial charge < -0.3 is 5.73 Å². The first kappa shape index (κ1) is 13.1. The molecule has 0 aromatic heterocycles. The van der Waals surface area contributed by atoms with Gasteiger partial charge in [-0.1, -0.05) is 31.2 Å². The quantitative estimate of drug-likeness (QED) is 0.883. The molecule has 104 valence electrons. The molecule has 0 amide bonds. The second kappa shape index (κ2) is 5.64. The standard InChI is InChI=1S/C17H26N2/c1-13-9-10-19(12-15(13)11-18)17-8-4-6-14-5-2-3-7-16(14)17/h2-3,5,7,13,15,17H,4,6,8-12,18H2,1H3. The summed E-state index contributed by atoms with van der Waals surface area (Å²) in [5.74, 6) is 1.47. The van der Waals surface area contributed by atoms with E-state index in [1.54, 1.807) is 11.1 Å². The molecule has 1 aromatic carbocycles. The molecule has 2 heteroatoms. The van der Waals surface area contributed by atoms with Gasteiger partial charge in [-0.2, -0.15) is 0 Å². The Hall–Kier alpha value is -0.860. The molecule has 1 heterocycles. The first-order valence-corrected chi connectivity index (χ1v) is 7.81. The van der Waals surface area contributed by atoms with Crippen LogP contribution in [0.5, 0.6) is 0 Å². The first-order chi connectivity index (χ1) is 9.29. The summed E-state index contributed by atoms with van der Waals surface area (Å²) in [7, 11) is 0. The van der Waals surface area contributed by atoms with Gasteiger partial charge in [-0.05, 0) is 61.7 Å². The normalized spacial score (nSPS) is 32.0. The fraction of sp³-hybridized carbons (Fsp3) is 0.647. The Labute approximate surface area is 117 Å². The monoisotopic (exact) mass is 258 g/mol. The van der Waals surface area contributed by atoms with Gasteiger partial charge in [-0.15, -0.1) is 0 Å². The van der Waals surface area contributed by atoms with Gasteiger partial charge >= 0.3 is 0 Å². The Balaban J connectivity index is 1.80. The molecular formula is C17H26N2. The fourth-order valence-electron chi connectivity index (χ4n) is 3.88. The lowest BCUT2D eigenvalue weighted by Gasteiger charge is -2.43. The molecule has 2 N–H and O–H groups in total. The Bertz CT molecular complexity index is 429. The van der Waals surface area contributed by atoms with Gasteiger partial charge in [-0.25, -0.2) is 0 Å². The molecular weight excluding hydrogens is 232 g/mol. The highest BCUT2D eigenvalue weighted by atomic mass is 15.2. The predicted octanol–water partition coefficient (Wildman–Crippen LogP) is 2.98. The van der Waals surface area contributed by atoms with Crippen LogP contribution in [0.1, 0.15) is 43.4 Å². The van der Waals surface area contributed by atoms with Crippen molar-refractivity contribution >= 4 is 0 Å². The second-order valence-electron chi connectivity index (χ2n) is 6.36. The summed E-state index contributed by atoms with van der Waals surface area (Å²) in [6.45, 7) is 5.64. The number of nitrogens with two attached hydrogens (primary N) is 1. The molecule has 1 aromatic rings. The number of hydrogen-bond acceptors (Lipinski definition) is 2. The molecule has 2 nitrogen and oxygen atoms in total. The maximum Gasteiger partial charge on any atom is 0.0351 e. The second-order valence-corrected chi connectivity index (χ2v) is 6.36. The molecule has 0 spiro atoms. The number of rotatable bonds is 2. The van der Waals surface area contributed by atoms with Gasteiger partial charge in [0.25, 0.3) is 0 Å². The molecule has 1 aliphatic heterocycles. The van der Waals surface area contributed by atoms with E-state index >= 15 is 0 Å². The number of fused-ring (bicyclic) bond motifs is 1. The molecule has 3 atom stereocenters. The molecule has 0 bridgehead atoms. The number of benzene rings is 1. The van der Waals surface area contributed by atoms with Crippen LogP contribution in [-0.4, -0.2) is 24.5 Å². The molecule has 3 unspecified atom stereocenters. The third-order valence-electron chi connectivity index (χ3n) is 5.23. The summed E-state index contributed by atoms with van der Waals surface area (Å²) in [4.78, 5) is 2.70. The first-order valence-electron chi connectivity index (χ1n) is 7.81. The predicted molar refractivity (Wildman–Crippen MR) is 80.0 cm³/mol. The summed E-state index contributed by atoms with van der Waals surface area (Å²) >= 11 is 0. The van der Waals surface area contributed by atoms with Gasteiger partial charge in [0, 0.05) is 12.6 Å². The van der Waals surface area contributed by atoms with Crippen LogP contribution in [0.15, 0.2) is 24.3 Å². The van der Waals surface area contributed by atoms with E-state index in [-0.39, 0.29) is 0 Å². The average molecular weight is 258 g/mol. The van der Waals surface area contributed by atoms with E-state index in [0.29, 0.717) is 12.0 Å². The summed E-state index contributed by atoms with van der Waals surface area (Å²) in [5.41, 5.74) is 9.11. The Kier molecular flexibility index (Phi) is 3.90. The van der Waals surface area contributed by atoms with E-state index in [0.717, 1.165) is 12.5 Å². The van der Waals surface area contributed by atoms with E-state index in [1.807, 2.05) is 0 Å². The smallest absolute Gasteiger partial charge is 0.0351 e. The van der Waals surface area contributed by atoms with E-state index in [1.165, 1.54) is 38.8 Å². The van der Waals surface area contributed by atoms with E-state index in [2.05, 4.69) is 36.1 Å². The molecule has 1 fully saturated rings. The Morgan fingerprint density at radius 2 is 2.11 bits per heavy atom. The number of hydrogen-bond donors (Lipinski definition) is 1. The van der Waals surface area contributed by atoms with Crippen LogP contribution in [0.3, 0.4) is 0 Å². The maximum atomic E-state index is 5.95. The van der Waals surface area contributed by atoms with Crippen molar-refractivity contribution in [2.45, 2.75) is 38.6 Å². The van der Waals surface area contributed by atoms with Crippen molar-refractivity contribution in [1.29, 1.82) is 0 Å². The van der Waals surface area contributed by atoms with Gasteiger partial charge in [-0.3, -0.25) is 4.90 Å². The lowest BCUT2D eigenvalue weighted by Crippen LogP contribution is -2.44. The largest absolute Gasteiger partial charge is 0.330 e. The topological polar surface area (TPSA) is 29.3 Å². The molecule has 19 heavy (non-hydrogen) atoms. The highest BCUT2D eigenvalue weighted by molar-refractivity contribution is 5.32. The number of nitrogens with zero attached hydrogens (tertiary/aromatic N) is 1. The zero-order valence-corrected chi connectivity index (χ0v) is 12.0. The van der Waals surface area contributed by atoms with Crippen molar-refractivity contribution in [3.05, 3.63) is 35.4 Å². The summed E-state index contributed by atoms with van der Waals surface area (Å²) < 4.78 is 0. The molecule has 2 aliphatic rings. The third kappa shape index (κ3) is 2.56. The number of aryl methyl sites for hydroxylation is 1. The summed E-state index contributed by atoms with van der Waals surface area (Å²) in [6.07, 6.45) is 5.22. The Morgan fingerprint density at radius 1 is 1.26 bits per heavy atom. The van der Waals surface area contributed by atoms with Crippen LogP contribution in [0, 0.1) is 11.8 Å². The molecule has 3 rings (SSSR count). The lowest BCUT2D eigenvalue weighted by atomic mass is 9.82. The highest BCUT2D eigenvalue weighted by Crippen LogP contribution is 2.37. The van der Waals surface area contributed by atoms with Crippen LogP contribution in [0.25, 0.3) is 0 Å². The van der Waals surface area contributed by atoms with Crippen molar-refractivity contribution in [1.82, 2.24) is 4.90 Å². The molecule has 1 saturated heterocycles. The van der Waals surface area contributed by atoms with Crippen LogP contribution in [0.4, 0.5) is 0 Å². The van der Waals surface area contributed by atoms with Crippen LogP contribution < -0.4 is 5.73 Å². The fourth-order valence-corrected chi connectivity index (χ4v) is 3.88. The molecule has 0 radical (unpaired) electrons. The van der Waals surface area contributed by atoms with Crippen molar-refractivity contribution in [3.8, 4) is 0 Å². The van der Waals surface area contributed by atoms with Crippen molar-refractivity contribution < 1.29 is 0 Å². The van der Waals surface area contributed by atoms with E-state index < -0.39 is 0 Å². The molecule has 0 saturated carbocycles. The summed E-state index contributed by atoms with van der Waals surface area (Å²) in [6, 6.07) is 9.68. The van der Waals surface area contributed by atoms with Gasteiger partial charge in [0.2, 0.25) is 0 Å². The van der Waals surface area contributed by atoms with Crippen molar-refractivity contribution in [2.24, 2.45) is 17.6 Å². The van der Waals surface area contributed by atoms with Gasteiger partial charge in [0.15, 0.2) is 0 Å². The average Bonchev–Trinajstić information content (AvgIpc) is 2.47. The Morgan fingerprint density at radius 3 is 2.95 bits per heavy atom. The minimum Gasteiger partial charge on any atom is -0.330 e. The molecule has 1 aliphatic carbocycles.